The molecule has 2 N–H and O–H groups in total. The lowest BCUT2D eigenvalue weighted by Gasteiger charge is -2.06. The van der Waals surface area contributed by atoms with Crippen molar-refractivity contribution in [2.45, 2.75) is 47.1 Å². The van der Waals surface area contributed by atoms with Crippen LogP contribution in [0.2, 0.25) is 0 Å². The van der Waals surface area contributed by atoms with Gasteiger partial charge in [-0.3, -0.25) is 4.99 Å². The monoisotopic (exact) mass is 697 g/mol. The van der Waals surface area contributed by atoms with Gasteiger partial charge in [0.15, 0.2) is 0 Å². The van der Waals surface area contributed by atoms with Gasteiger partial charge in [-0.25, -0.2) is 11.1 Å². The Morgan fingerprint density at radius 2 is 1.23 bits per heavy atom. The summed E-state index contributed by atoms with van der Waals surface area (Å²) in [5, 5.41) is 10.8. The molecule has 0 fully saturated rings. The van der Waals surface area contributed by atoms with Crippen molar-refractivity contribution >= 4 is 72.6 Å². The summed E-state index contributed by atoms with van der Waals surface area (Å²) in [5.74, 6) is 0. The Kier molecular flexibility index (Phi) is 13.4. The highest BCUT2D eigenvalue weighted by Gasteiger charge is 2.10. The molecule has 1 aliphatic carbocycles. The zero-order valence-electron chi connectivity index (χ0n) is 30.6. The maximum atomic E-state index is 5.00. The van der Waals surface area contributed by atoms with E-state index in [0.717, 1.165) is 0 Å². The number of hydrogen-bond acceptors (Lipinski definition) is 4. The third-order valence-electron chi connectivity index (χ3n) is 9.09. The first kappa shape index (κ1) is 37.5. The Morgan fingerprint density at radius 3 is 1.98 bits per heavy atom. The lowest BCUT2D eigenvalue weighted by Crippen LogP contribution is -2.21. The van der Waals surface area contributed by atoms with E-state index in [1.54, 1.807) is 0 Å². The van der Waals surface area contributed by atoms with Crippen LogP contribution in [0.4, 0.5) is 0 Å². The van der Waals surface area contributed by atoms with Crippen molar-refractivity contribution in [2.75, 3.05) is 0 Å². The van der Waals surface area contributed by atoms with Gasteiger partial charge in [0.1, 0.15) is 0 Å². The van der Waals surface area contributed by atoms with Crippen LogP contribution in [0.5, 0.6) is 0 Å². The maximum absolute atomic E-state index is 5.00. The van der Waals surface area contributed by atoms with E-state index in [9.17, 15) is 0 Å². The second kappa shape index (κ2) is 18.5. The summed E-state index contributed by atoms with van der Waals surface area (Å²) in [4.78, 5) is 3.91. The van der Waals surface area contributed by atoms with Gasteiger partial charge in [0, 0.05) is 14.6 Å². The highest BCUT2D eigenvalue weighted by atomic mass is 32.1. The Hall–Kier alpha value is -5.71. The van der Waals surface area contributed by atoms with Gasteiger partial charge < -0.3 is 0 Å². The zero-order chi connectivity index (χ0) is 36.9. The molecule has 0 atom stereocenters. The molecule has 0 spiro atoms. The van der Waals surface area contributed by atoms with Crippen LogP contribution >= 0.6 is 11.3 Å². The van der Waals surface area contributed by atoms with Gasteiger partial charge in [0.2, 0.25) is 0 Å². The SMILES string of the molecule is C=NCc1cccc2ccccc12.CC.Cc1cc2ccccc2c2ccccc12.Cc1cccc(-c2cccc3sc4c(c23)=CCCC=4)c1.N=N. The lowest BCUT2D eigenvalue weighted by molar-refractivity contribution is 1.05. The molecule has 0 saturated carbocycles. The quantitative estimate of drug-likeness (QED) is 0.105. The van der Waals surface area contributed by atoms with E-state index in [-0.39, 0.29) is 0 Å². The van der Waals surface area contributed by atoms with Crippen LogP contribution in [0.3, 0.4) is 0 Å². The molecule has 1 aromatic heterocycles. The fraction of sp³-hybridized carbons (Fsp3) is 0.146. The largest absolute Gasteiger partial charge is 0.296 e. The van der Waals surface area contributed by atoms with Crippen molar-refractivity contribution in [2.24, 2.45) is 4.99 Å². The Balaban J connectivity index is 0.000000147. The Labute approximate surface area is 311 Å². The van der Waals surface area contributed by atoms with E-state index in [1.807, 2.05) is 31.3 Å². The molecule has 3 nitrogen and oxygen atoms in total. The molecule has 8 aromatic rings. The normalized spacial score (nSPS) is 11.2. The number of aryl methyl sites for hydroxylation is 2. The van der Waals surface area contributed by atoms with Crippen LogP contribution in [-0.2, 0) is 6.54 Å². The molecule has 9 rings (SSSR count). The van der Waals surface area contributed by atoms with E-state index >= 15 is 0 Å². The van der Waals surface area contributed by atoms with Crippen molar-refractivity contribution in [3.05, 3.63) is 166 Å². The summed E-state index contributed by atoms with van der Waals surface area (Å²) in [6, 6.07) is 49.5. The molecule has 4 heteroatoms. The minimum absolute atomic E-state index is 0.696. The van der Waals surface area contributed by atoms with E-state index in [2.05, 4.69) is 171 Å². The molecular weight excluding hydrogens is 651 g/mol. The van der Waals surface area contributed by atoms with Gasteiger partial charge in [-0.2, -0.15) is 0 Å². The van der Waals surface area contributed by atoms with Crippen LogP contribution in [-0.4, -0.2) is 6.72 Å². The molecule has 52 heavy (non-hydrogen) atoms. The number of fused-ring (bicyclic) bond motifs is 7. The van der Waals surface area contributed by atoms with Gasteiger partial charge in [0.25, 0.3) is 0 Å². The molecule has 0 unspecified atom stereocenters. The van der Waals surface area contributed by atoms with E-state index < -0.39 is 0 Å². The third kappa shape index (κ3) is 8.42. The van der Waals surface area contributed by atoms with Gasteiger partial charge in [-0.15, -0.1) is 11.3 Å². The van der Waals surface area contributed by atoms with E-state index in [1.165, 1.54) is 92.8 Å². The van der Waals surface area contributed by atoms with Crippen LogP contribution in [0, 0.1) is 24.9 Å². The number of hydrogen-bond donors (Lipinski definition) is 2. The van der Waals surface area contributed by atoms with E-state index in [4.69, 9.17) is 11.1 Å². The second-order valence-electron chi connectivity index (χ2n) is 12.4. The number of aliphatic imine (C=N–C) groups is 1. The fourth-order valence-corrected chi connectivity index (χ4v) is 8.03. The molecule has 0 bridgehead atoms. The summed E-state index contributed by atoms with van der Waals surface area (Å²) in [7, 11) is 0. The third-order valence-corrected chi connectivity index (χ3v) is 10.3. The average Bonchev–Trinajstić information content (AvgIpc) is 3.60. The molecule has 1 aliphatic rings. The van der Waals surface area contributed by atoms with Crippen LogP contribution in [0.25, 0.3) is 65.7 Å². The lowest BCUT2D eigenvalue weighted by atomic mass is 9.98. The summed E-state index contributed by atoms with van der Waals surface area (Å²) < 4.78 is 2.86. The van der Waals surface area contributed by atoms with Crippen molar-refractivity contribution < 1.29 is 0 Å². The second-order valence-corrected chi connectivity index (χ2v) is 13.5. The smallest absolute Gasteiger partial charge is 0.0638 e. The highest BCUT2D eigenvalue weighted by Crippen LogP contribution is 2.30. The van der Waals surface area contributed by atoms with Gasteiger partial charge in [-0.05, 0) is 99.3 Å². The first-order chi connectivity index (χ1) is 25.6. The predicted octanol–water partition coefficient (Wildman–Crippen LogP) is 13.2. The molecule has 0 aliphatic heterocycles. The first-order valence-electron chi connectivity index (χ1n) is 17.9. The molecule has 1 heterocycles. The van der Waals surface area contributed by atoms with Gasteiger partial charge >= 0.3 is 0 Å². The van der Waals surface area contributed by atoms with Gasteiger partial charge in [0.05, 0.1) is 6.54 Å². The Morgan fingerprint density at radius 1 is 0.615 bits per heavy atom. The topological polar surface area (TPSA) is 60.1 Å². The molecule has 260 valence electrons. The predicted molar refractivity (Wildman–Crippen MR) is 230 cm³/mol. The van der Waals surface area contributed by atoms with Crippen LogP contribution in [0.1, 0.15) is 43.4 Å². The minimum Gasteiger partial charge on any atom is -0.296 e. The number of benzene rings is 7. The summed E-state index contributed by atoms with van der Waals surface area (Å²) in [6.07, 6.45) is 7.15. The average molecular weight is 698 g/mol. The zero-order valence-corrected chi connectivity index (χ0v) is 31.4. The van der Waals surface area contributed by atoms with Crippen molar-refractivity contribution in [1.29, 1.82) is 11.1 Å². The molecule has 0 radical (unpaired) electrons. The van der Waals surface area contributed by atoms with Crippen molar-refractivity contribution in [1.82, 2.24) is 0 Å². The minimum atomic E-state index is 0.696. The number of rotatable bonds is 3. The Bertz CT molecular complexity index is 2560. The maximum Gasteiger partial charge on any atom is 0.0638 e. The number of nitrogens with one attached hydrogen (secondary N) is 2. The summed E-state index contributed by atoms with van der Waals surface area (Å²) in [6.45, 7) is 12.5. The highest BCUT2D eigenvalue weighted by molar-refractivity contribution is 7.17. The molecule has 0 amide bonds. The van der Waals surface area contributed by atoms with E-state index in [0.29, 0.717) is 6.54 Å². The number of nitrogens with zero attached hydrogens (tertiary/aromatic N) is 1. The van der Waals surface area contributed by atoms with Crippen molar-refractivity contribution in [3.63, 3.8) is 0 Å². The fourth-order valence-electron chi connectivity index (χ4n) is 6.83. The standard InChI is InChI=1S/C19H16S.C15H12.C12H11N.C2H6.H2N2/c1-13-6-4-7-14(12-13)15-9-5-11-18-19(15)16-8-2-3-10-17(16)20-18;1-11-10-12-6-2-3-8-14(12)15-9-5-4-7-13(11)15;1-13-9-11-7-4-6-10-5-2-3-8-12(10)11;2*1-2/h4-12H,2-3H2,1H3;2-10H,1H3;2-8H,1,9H2;1-2H3;1-2H. The molecular formula is C48H47N3S. The summed E-state index contributed by atoms with van der Waals surface area (Å²) >= 11 is 1.93. The van der Waals surface area contributed by atoms with Crippen molar-refractivity contribution in [3.8, 4) is 11.1 Å². The molecule has 0 saturated heterocycles. The van der Waals surface area contributed by atoms with Crippen LogP contribution in [0.15, 0.2) is 145 Å². The van der Waals surface area contributed by atoms with Gasteiger partial charge in [-0.1, -0.05) is 165 Å². The summed E-state index contributed by atoms with van der Waals surface area (Å²) in [5.41, 5.74) is 16.6. The molecule has 7 aromatic carbocycles. The van der Waals surface area contributed by atoms with Crippen LogP contribution < -0.4 is 9.75 Å². The first-order valence-corrected chi connectivity index (χ1v) is 18.7. The number of thiophene rings is 1.